The van der Waals surface area contributed by atoms with E-state index in [-0.39, 0.29) is 0 Å². The van der Waals surface area contributed by atoms with Crippen LogP contribution in [0.2, 0.25) is 0 Å². The molecule has 0 unspecified atom stereocenters. The van der Waals surface area contributed by atoms with Gasteiger partial charge in [0.1, 0.15) is 5.82 Å². The van der Waals surface area contributed by atoms with Gasteiger partial charge in [-0.3, -0.25) is 0 Å². The zero-order chi connectivity index (χ0) is 18.9. The number of rotatable bonds is 6. The molecular formula is C20H28N6O. The Kier molecular flexibility index (Phi) is 6.84. The molecule has 27 heavy (non-hydrogen) atoms. The summed E-state index contributed by atoms with van der Waals surface area (Å²) in [7, 11) is 0. The molecule has 0 amide bonds. The molecule has 1 N–H and O–H groups in total. The van der Waals surface area contributed by atoms with Crippen molar-refractivity contribution in [2.24, 2.45) is 4.99 Å². The number of aromatic nitrogens is 2. The fourth-order valence-electron chi connectivity index (χ4n) is 3.09. The summed E-state index contributed by atoms with van der Waals surface area (Å²) < 4.78 is 5.61. The van der Waals surface area contributed by atoms with E-state index in [9.17, 15) is 0 Å². The number of anilines is 1. The van der Waals surface area contributed by atoms with Crippen LogP contribution in [0.4, 0.5) is 5.82 Å². The molecule has 0 aliphatic carbocycles. The maximum atomic E-state index is 5.61. The molecule has 144 valence electrons. The van der Waals surface area contributed by atoms with E-state index >= 15 is 0 Å². The summed E-state index contributed by atoms with van der Waals surface area (Å²) >= 11 is 0. The molecule has 1 fully saturated rings. The van der Waals surface area contributed by atoms with E-state index in [0.29, 0.717) is 19.0 Å². The fraction of sp³-hybridized carbons (Fsp3) is 0.450. The van der Waals surface area contributed by atoms with E-state index in [4.69, 9.17) is 9.73 Å². The predicted molar refractivity (Wildman–Crippen MR) is 108 cm³/mol. The van der Waals surface area contributed by atoms with Gasteiger partial charge in [0.15, 0.2) is 5.96 Å². The Morgan fingerprint density at radius 2 is 1.89 bits per heavy atom. The minimum Gasteiger partial charge on any atom is -0.478 e. The van der Waals surface area contributed by atoms with Gasteiger partial charge in [0.05, 0.1) is 13.2 Å². The van der Waals surface area contributed by atoms with Crippen LogP contribution in [0.3, 0.4) is 0 Å². The van der Waals surface area contributed by atoms with Crippen molar-refractivity contribution in [1.82, 2.24) is 20.2 Å². The van der Waals surface area contributed by atoms with Crippen LogP contribution in [0.1, 0.15) is 19.4 Å². The lowest BCUT2D eigenvalue weighted by Gasteiger charge is -2.37. The number of ether oxygens (including phenoxy) is 1. The number of nitrogens with zero attached hydrogens (tertiary/aromatic N) is 5. The van der Waals surface area contributed by atoms with Crippen LogP contribution >= 0.6 is 0 Å². The second-order valence-corrected chi connectivity index (χ2v) is 6.23. The summed E-state index contributed by atoms with van der Waals surface area (Å²) in [5, 5.41) is 3.41. The van der Waals surface area contributed by atoms with Crippen molar-refractivity contribution >= 4 is 11.8 Å². The smallest absolute Gasteiger partial charge is 0.218 e. The largest absolute Gasteiger partial charge is 0.478 e. The van der Waals surface area contributed by atoms with E-state index in [0.717, 1.165) is 50.1 Å². The second-order valence-electron chi connectivity index (χ2n) is 6.23. The normalized spacial score (nSPS) is 15.0. The van der Waals surface area contributed by atoms with E-state index in [1.807, 2.05) is 37.4 Å². The van der Waals surface area contributed by atoms with E-state index in [1.165, 1.54) is 0 Å². The molecule has 0 saturated carbocycles. The van der Waals surface area contributed by atoms with Crippen molar-refractivity contribution in [2.75, 3.05) is 44.2 Å². The SMILES string of the molecule is CCNC(=NCc1cccnc1OCC)N1CCN(c2ccccn2)CC1. The molecule has 1 saturated heterocycles. The van der Waals surface area contributed by atoms with Gasteiger partial charge in [0.25, 0.3) is 0 Å². The van der Waals surface area contributed by atoms with Crippen molar-refractivity contribution in [2.45, 2.75) is 20.4 Å². The molecule has 7 heteroatoms. The fourth-order valence-corrected chi connectivity index (χ4v) is 3.09. The Morgan fingerprint density at radius 3 is 2.59 bits per heavy atom. The first-order chi connectivity index (χ1) is 13.3. The summed E-state index contributed by atoms with van der Waals surface area (Å²) in [5.41, 5.74) is 1.00. The van der Waals surface area contributed by atoms with Gasteiger partial charge in [-0.2, -0.15) is 0 Å². The molecule has 1 aliphatic heterocycles. The van der Waals surface area contributed by atoms with Crippen molar-refractivity contribution < 1.29 is 4.74 Å². The van der Waals surface area contributed by atoms with Gasteiger partial charge < -0.3 is 19.9 Å². The molecule has 0 bridgehead atoms. The van der Waals surface area contributed by atoms with Gasteiger partial charge >= 0.3 is 0 Å². The van der Waals surface area contributed by atoms with Crippen LogP contribution in [0.15, 0.2) is 47.7 Å². The van der Waals surface area contributed by atoms with Crippen molar-refractivity contribution in [3.63, 3.8) is 0 Å². The van der Waals surface area contributed by atoms with Crippen LogP contribution in [0.5, 0.6) is 5.88 Å². The maximum Gasteiger partial charge on any atom is 0.218 e. The topological polar surface area (TPSA) is 65.9 Å². The average Bonchev–Trinajstić information content (AvgIpc) is 2.73. The van der Waals surface area contributed by atoms with Gasteiger partial charge in [-0.05, 0) is 32.0 Å². The van der Waals surface area contributed by atoms with Gasteiger partial charge in [-0.1, -0.05) is 12.1 Å². The van der Waals surface area contributed by atoms with Crippen molar-refractivity contribution in [3.8, 4) is 5.88 Å². The minimum atomic E-state index is 0.548. The van der Waals surface area contributed by atoms with Crippen LogP contribution in [0, 0.1) is 0 Å². The van der Waals surface area contributed by atoms with Crippen LogP contribution < -0.4 is 15.0 Å². The lowest BCUT2D eigenvalue weighted by atomic mass is 10.2. The van der Waals surface area contributed by atoms with Crippen molar-refractivity contribution in [3.05, 3.63) is 48.3 Å². The van der Waals surface area contributed by atoms with Gasteiger partial charge in [-0.15, -0.1) is 0 Å². The standard InChI is InChI=1S/C20H28N6O/c1-3-21-20(24-16-17-8-7-11-23-19(17)27-4-2)26-14-12-25(13-15-26)18-9-5-6-10-22-18/h5-11H,3-4,12-16H2,1-2H3,(H,21,24). The monoisotopic (exact) mass is 368 g/mol. The van der Waals surface area contributed by atoms with Crippen LogP contribution in [0.25, 0.3) is 0 Å². The summed E-state index contributed by atoms with van der Waals surface area (Å²) in [6.07, 6.45) is 3.59. The third kappa shape index (κ3) is 5.09. The molecule has 7 nitrogen and oxygen atoms in total. The first-order valence-corrected chi connectivity index (χ1v) is 9.57. The Morgan fingerprint density at radius 1 is 1.07 bits per heavy atom. The average molecular weight is 368 g/mol. The zero-order valence-corrected chi connectivity index (χ0v) is 16.1. The highest BCUT2D eigenvalue weighted by Crippen LogP contribution is 2.16. The molecule has 2 aromatic heterocycles. The Labute approximate surface area is 161 Å². The highest BCUT2D eigenvalue weighted by atomic mass is 16.5. The molecule has 2 aromatic rings. The van der Waals surface area contributed by atoms with E-state index in [1.54, 1.807) is 6.20 Å². The summed E-state index contributed by atoms with van der Waals surface area (Å²) in [6.45, 7) is 9.72. The molecule has 1 aliphatic rings. The summed E-state index contributed by atoms with van der Waals surface area (Å²) in [5.74, 6) is 2.64. The molecule has 3 rings (SSSR count). The molecule has 0 spiro atoms. The lowest BCUT2D eigenvalue weighted by Crippen LogP contribution is -2.52. The first-order valence-electron chi connectivity index (χ1n) is 9.57. The van der Waals surface area contributed by atoms with Gasteiger partial charge in [0.2, 0.25) is 5.88 Å². The molecule has 0 aromatic carbocycles. The second kappa shape index (κ2) is 9.75. The van der Waals surface area contributed by atoms with Crippen LogP contribution in [-0.4, -0.2) is 60.2 Å². The molecule has 0 radical (unpaired) electrons. The number of hydrogen-bond donors (Lipinski definition) is 1. The van der Waals surface area contributed by atoms with Gasteiger partial charge in [0, 0.05) is 50.7 Å². The van der Waals surface area contributed by atoms with E-state index < -0.39 is 0 Å². The van der Waals surface area contributed by atoms with Crippen molar-refractivity contribution in [1.29, 1.82) is 0 Å². The van der Waals surface area contributed by atoms with Gasteiger partial charge in [-0.25, -0.2) is 15.0 Å². The number of pyridine rings is 2. The highest BCUT2D eigenvalue weighted by Gasteiger charge is 2.20. The number of aliphatic imine (C=N–C) groups is 1. The molecule has 3 heterocycles. The Balaban J connectivity index is 1.65. The Bertz CT molecular complexity index is 728. The minimum absolute atomic E-state index is 0.548. The number of nitrogens with one attached hydrogen (secondary N) is 1. The zero-order valence-electron chi connectivity index (χ0n) is 16.1. The highest BCUT2D eigenvalue weighted by molar-refractivity contribution is 5.80. The number of piperazine rings is 1. The Hall–Kier alpha value is -2.83. The molecular weight excluding hydrogens is 340 g/mol. The maximum absolute atomic E-state index is 5.61. The molecule has 0 atom stereocenters. The van der Waals surface area contributed by atoms with Crippen LogP contribution in [-0.2, 0) is 6.54 Å². The predicted octanol–water partition coefficient (Wildman–Crippen LogP) is 2.16. The summed E-state index contributed by atoms with van der Waals surface area (Å²) in [4.78, 5) is 18.2. The number of guanidine groups is 1. The number of hydrogen-bond acceptors (Lipinski definition) is 5. The summed E-state index contributed by atoms with van der Waals surface area (Å²) in [6, 6.07) is 9.98. The first kappa shape index (κ1) is 18.9. The third-order valence-electron chi connectivity index (χ3n) is 4.42. The van der Waals surface area contributed by atoms with E-state index in [2.05, 4.69) is 38.1 Å². The quantitative estimate of drug-likeness (QED) is 0.623. The lowest BCUT2D eigenvalue weighted by molar-refractivity contribution is 0.323. The third-order valence-corrected chi connectivity index (χ3v) is 4.42.